The number of nitrogens with zero attached hydrogens (tertiary/aromatic N) is 2. The van der Waals surface area contributed by atoms with Crippen molar-refractivity contribution in [3.63, 3.8) is 0 Å². The summed E-state index contributed by atoms with van der Waals surface area (Å²) < 4.78 is 5.60. The van der Waals surface area contributed by atoms with Crippen molar-refractivity contribution in [3.8, 4) is 11.1 Å². The molecule has 1 fully saturated rings. The normalized spacial score (nSPS) is 19.0. The third kappa shape index (κ3) is 2.96. The summed E-state index contributed by atoms with van der Waals surface area (Å²) in [5.74, 6) is 0.114. The number of amides is 1. The fourth-order valence-electron chi connectivity index (χ4n) is 4.04. The average molecular weight is 387 g/mol. The summed E-state index contributed by atoms with van der Waals surface area (Å²) >= 11 is 0. The van der Waals surface area contributed by atoms with Crippen molar-refractivity contribution in [2.75, 3.05) is 0 Å². The summed E-state index contributed by atoms with van der Waals surface area (Å²) in [6, 6.07) is 15.3. The molecule has 0 unspecified atom stereocenters. The van der Waals surface area contributed by atoms with Crippen LogP contribution in [0, 0.1) is 6.92 Å². The van der Waals surface area contributed by atoms with Gasteiger partial charge in [0.15, 0.2) is 5.76 Å². The molecule has 3 aromatic rings. The second-order valence-electron chi connectivity index (χ2n) is 7.83. The Labute approximate surface area is 168 Å². The molecule has 2 aliphatic rings. The first-order chi connectivity index (χ1) is 14.0. The number of aromatic nitrogens is 1. The van der Waals surface area contributed by atoms with Gasteiger partial charge in [-0.3, -0.25) is 9.79 Å². The van der Waals surface area contributed by atoms with Gasteiger partial charge in [0.25, 0.3) is 0 Å². The van der Waals surface area contributed by atoms with E-state index >= 15 is 0 Å². The zero-order valence-electron chi connectivity index (χ0n) is 16.1. The molecule has 29 heavy (non-hydrogen) atoms. The van der Waals surface area contributed by atoms with Gasteiger partial charge in [-0.15, -0.1) is 0 Å². The van der Waals surface area contributed by atoms with Crippen molar-refractivity contribution in [3.05, 3.63) is 76.7 Å². The third-order valence-electron chi connectivity index (χ3n) is 5.74. The highest BCUT2D eigenvalue weighted by Gasteiger charge is 2.42. The maximum atomic E-state index is 11.7. The number of carbonyl (C=O) groups is 1. The van der Waals surface area contributed by atoms with Gasteiger partial charge in [0.2, 0.25) is 5.91 Å². The van der Waals surface area contributed by atoms with E-state index in [0.29, 0.717) is 5.76 Å². The van der Waals surface area contributed by atoms with Gasteiger partial charge in [0, 0.05) is 11.1 Å². The molecule has 3 N–H and O–H groups in total. The van der Waals surface area contributed by atoms with Gasteiger partial charge in [-0.2, -0.15) is 0 Å². The fraction of sp³-hybridized carbons (Fsp3) is 0.261. The lowest BCUT2D eigenvalue weighted by molar-refractivity contribution is -0.118. The summed E-state index contributed by atoms with van der Waals surface area (Å²) in [6.45, 7) is 1.89. The molecular weight excluding hydrogens is 366 g/mol. The van der Waals surface area contributed by atoms with E-state index in [9.17, 15) is 9.90 Å². The highest BCUT2D eigenvalue weighted by Crippen LogP contribution is 2.45. The Hall–Kier alpha value is -3.25. The largest absolute Gasteiger partial charge is 0.385 e. The van der Waals surface area contributed by atoms with Gasteiger partial charge in [-0.1, -0.05) is 53.7 Å². The number of aliphatic hydroxyl groups is 1. The van der Waals surface area contributed by atoms with Crippen molar-refractivity contribution in [1.29, 1.82) is 0 Å². The standard InChI is InChI=1S/C23H21N3O3/c1-13-20-16-4-2-3-5-17(16)21(25-18(12-19(24)27)22(20)29-26-13)14-6-8-15(9-7-14)23(28)10-11-23/h2-9,18,28H,10-12H2,1H3,(H2,24,27)/t18-/m0/s1. The van der Waals surface area contributed by atoms with Crippen LogP contribution in [0.3, 0.4) is 0 Å². The number of fused-ring (bicyclic) bond motifs is 3. The molecular formula is C23H21N3O3. The molecule has 0 spiro atoms. The van der Waals surface area contributed by atoms with Gasteiger partial charge in [0.05, 0.1) is 29.0 Å². The third-order valence-corrected chi connectivity index (χ3v) is 5.74. The molecule has 1 aliphatic carbocycles. The minimum absolute atomic E-state index is 0.0386. The zero-order chi connectivity index (χ0) is 20.2. The number of hydrogen-bond acceptors (Lipinski definition) is 5. The molecule has 2 aromatic carbocycles. The Morgan fingerprint density at radius 1 is 1.17 bits per heavy atom. The number of aliphatic imine (C=N–C) groups is 1. The molecule has 5 rings (SSSR count). The fourth-order valence-corrected chi connectivity index (χ4v) is 4.04. The first kappa shape index (κ1) is 17.8. The lowest BCUT2D eigenvalue weighted by Crippen LogP contribution is -2.15. The van der Waals surface area contributed by atoms with Gasteiger partial charge in [-0.25, -0.2) is 0 Å². The molecule has 0 radical (unpaired) electrons. The number of rotatable bonds is 4. The molecule has 6 nitrogen and oxygen atoms in total. The molecule has 0 saturated heterocycles. The molecule has 1 saturated carbocycles. The van der Waals surface area contributed by atoms with E-state index in [-0.39, 0.29) is 6.42 Å². The maximum absolute atomic E-state index is 11.7. The smallest absolute Gasteiger partial charge is 0.220 e. The number of primary amides is 1. The Morgan fingerprint density at radius 2 is 1.86 bits per heavy atom. The van der Waals surface area contributed by atoms with E-state index in [2.05, 4.69) is 5.16 Å². The van der Waals surface area contributed by atoms with Crippen molar-refractivity contribution in [1.82, 2.24) is 5.16 Å². The van der Waals surface area contributed by atoms with Crippen LogP contribution in [0.4, 0.5) is 0 Å². The van der Waals surface area contributed by atoms with Gasteiger partial charge < -0.3 is 15.4 Å². The predicted octanol–water partition coefficient (Wildman–Crippen LogP) is 3.40. The summed E-state index contributed by atoms with van der Waals surface area (Å²) in [6.07, 6.45) is 1.63. The summed E-state index contributed by atoms with van der Waals surface area (Å²) in [5, 5.41) is 14.5. The number of nitrogens with two attached hydrogens (primary N) is 1. The van der Waals surface area contributed by atoms with Gasteiger partial charge in [0.1, 0.15) is 6.04 Å². The minimum atomic E-state index is -0.680. The first-order valence-corrected chi connectivity index (χ1v) is 9.71. The average Bonchev–Trinajstić information content (AvgIpc) is 3.38. The van der Waals surface area contributed by atoms with Gasteiger partial charge in [-0.05, 0) is 30.9 Å². The summed E-state index contributed by atoms with van der Waals surface area (Å²) in [7, 11) is 0. The van der Waals surface area contributed by atoms with Crippen molar-refractivity contribution in [2.24, 2.45) is 10.7 Å². The topological polar surface area (TPSA) is 102 Å². The highest BCUT2D eigenvalue weighted by atomic mass is 16.5. The second kappa shape index (κ2) is 6.39. The van der Waals surface area contributed by atoms with E-state index in [0.717, 1.165) is 52.1 Å². The monoisotopic (exact) mass is 387 g/mol. The predicted molar refractivity (Wildman–Crippen MR) is 108 cm³/mol. The highest BCUT2D eigenvalue weighted by molar-refractivity contribution is 6.17. The lowest BCUT2D eigenvalue weighted by Gasteiger charge is -2.13. The van der Waals surface area contributed by atoms with Crippen LogP contribution in [0.2, 0.25) is 0 Å². The Kier molecular flexibility index (Phi) is 3.93. The van der Waals surface area contributed by atoms with E-state index < -0.39 is 17.6 Å². The molecule has 1 aromatic heterocycles. The van der Waals surface area contributed by atoms with E-state index in [1.165, 1.54) is 0 Å². The van der Waals surface area contributed by atoms with E-state index in [1.807, 2.05) is 55.5 Å². The number of hydrogen-bond donors (Lipinski definition) is 2. The SMILES string of the molecule is Cc1noc2c1-c1ccccc1C(c1ccc(C3(O)CC3)cc1)=N[C@H]2CC(N)=O. The molecule has 0 bridgehead atoms. The Morgan fingerprint density at radius 3 is 2.52 bits per heavy atom. The van der Waals surface area contributed by atoms with Crippen molar-refractivity contribution in [2.45, 2.75) is 37.8 Å². The number of benzene rings is 2. The molecule has 146 valence electrons. The van der Waals surface area contributed by atoms with Crippen LogP contribution in [-0.4, -0.2) is 21.9 Å². The molecule has 1 amide bonds. The van der Waals surface area contributed by atoms with Crippen LogP contribution in [0.15, 0.2) is 58.0 Å². The molecule has 2 heterocycles. The van der Waals surface area contributed by atoms with Crippen LogP contribution >= 0.6 is 0 Å². The summed E-state index contributed by atoms with van der Waals surface area (Å²) in [4.78, 5) is 16.6. The summed E-state index contributed by atoms with van der Waals surface area (Å²) in [5.41, 5.74) is 11.0. The van der Waals surface area contributed by atoms with Gasteiger partial charge >= 0.3 is 0 Å². The van der Waals surface area contributed by atoms with Crippen molar-refractivity contribution >= 4 is 11.6 Å². The van der Waals surface area contributed by atoms with E-state index in [4.69, 9.17) is 15.2 Å². The van der Waals surface area contributed by atoms with Crippen molar-refractivity contribution < 1.29 is 14.4 Å². The lowest BCUT2D eigenvalue weighted by atomic mass is 9.92. The molecule has 1 atom stereocenters. The molecule has 6 heteroatoms. The first-order valence-electron chi connectivity index (χ1n) is 9.71. The Balaban J connectivity index is 1.69. The number of carbonyl (C=O) groups excluding carboxylic acids is 1. The maximum Gasteiger partial charge on any atom is 0.220 e. The quantitative estimate of drug-likeness (QED) is 0.716. The van der Waals surface area contributed by atoms with Crippen LogP contribution in [-0.2, 0) is 10.4 Å². The molecule has 1 aliphatic heterocycles. The van der Waals surface area contributed by atoms with Crippen LogP contribution in [0.5, 0.6) is 0 Å². The van der Waals surface area contributed by atoms with Crippen LogP contribution in [0.25, 0.3) is 11.1 Å². The van der Waals surface area contributed by atoms with Crippen LogP contribution < -0.4 is 5.73 Å². The minimum Gasteiger partial charge on any atom is -0.385 e. The van der Waals surface area contributed by atoms with E-state index in [1.54, 1.807) is 0 Å². The number of aryl methyl sites for hydroxylation is 1. The zero-order valence-corrected chi connectivity index (χ0v) is 16.1. The van der Waals surface area contributed by atoms with Crippen LogP contribution in [0.1, 0.15) is 53.4 Å². The second-order valence-corrected chi connectivity index (χ2v) is 7.83. The Bertz CT molecular complexity index is 1140.